The van der Waals surface area contributed by atoms with Crippen LogP contribution >= 0.6 is 12.2 Å². The summed E-state index contributed by atoms with van der Waals surface area (Å²) in [5.74, 6) is -1.39. The Morgan fingerprint density at radius 3 is 2.24 bits per heavy atom. The zero-order valence-corrected chi connectivity index (χ0v) is 11.5. The first-order valence-electron chi connectivity index (χ1n) is 5.57. The molecule has 0 aromatic heterocycles. The van der Waals surface area contributed by atoms with Gasteiger partial charge in [0.15, 0.2) is 0 Å². The second-order valence-electron chi connectivity index (χ2n) is 4.11. The SMILES string of the molecule is CCOC(=O)C(C)NC(=O)C(C(N)=S)C(C)C. The van der Waals surface area contributed by atoms with Gasteiger partial charge in [-0.2, -0.15) is 0 Å². The first-order valence-corrected chi connectivity index (χ1v) is 5.98. The molecule has 1 amide bonds. The van der Waals surface area contributed by atoms with Crippen LogP contribution in [-0.4, -0.2) is 29.5 Å². The van der Waals surface area contributed by atoms with Crippen molar-refractivity contribution < 1.29 is 14.3 Å². The summed E-state index contributed by atoms with van der Waals surface area (Å²) in [6.07, 6.45) is 0. The Bertz CT molecular complexity index is 305. The van der Waals surface area contributed by atoms with Gasteiger partial charge in [-0.25, -0.2) is 4.79 Å². The molecule has 0 aliphatic heterocycles. The van der Waals surface area contributed by atoms with Crippen molar-refractivity contribution in [2.24, 2.45) is 17.6 Å². The van der Waals surface area contributed by atoms with E-state index < -0.39 is 17.9 Å². The van der Waals surface area contributed by atoms with Gasteiger partial charge in [-0.15, -0.1) is 0 Å². The van der Waals surface area contributed by atoms with Crippen LogP contribution in [0.25, 0.3) is 0 Å². The molecule has 0 saturated carbocycles. The second kappa shape index (κ2) is 7.21. The average molecular weight is 260 g/mol. The fourth-order valence-corrected chi connectivity index (χ4v) is 1.77. The van der Waals surface area contributed by atoms with Gasteiger partial charge in [-0.1, -0.05) is 26.1 Å². The van der Waals surface area contributed by atoms with Gasteiger partial charge >= 0.3 is 5.97 Å². The molecular weight excluding hydrogens is 240 g/mol. The second-order valence-corrected chi connectivity index (χ2v) is 4.58. The molecule has 0 aliphatic rings. The van der Waals surface area contributed by atoms with E-state index in [1.807, 2.05) is 13.8 Å². The predicted molar refractivity (Wildman–Crippen MR) is 69.4 cm³/mol. The third-order valence-corrected chi connectivity index (χ3v) is 2.51. The van der Waals surface area contributed by atoms with Gasteiger partial charge in [0.2, 0.25) is 5.91 Å². The van der Waals surface area contributed by atoms with Gasteiger partial charge in [0.1, 0.15) is 6.04 Å². The maximum Gasteiger partial charge on any atom is 0.328 e. The number of nitrogens with one attached hydrogen (secondary N) is 1. The van der Waals surface area contributed by atoms with Crippen LogP contribution in [0.1, 0.15) is 27.7 Å². The van der Waals surface area contributed by atoms with Gasteiger partial charge in [0.05, 0.1) is 17.5 Å². The molecule has 17 heavy (non-hydrogen) atoms. The molecule has 0 saturated heterocycles. The highest BCUT2D eigenvalue weighted by Gasteiger charge is 2.27. The summed E-state index contributed by atoms with van der Waals surface area (Å²) in [6.45, 7) is 7.24. The Hall–Kier alpha value is -1.17. The van der Waals surface area contributed by atoms with Crippen LogP contribution in [0.3, 0.4) is 0 Å². The molecular formula is C11H20N2O3S. The number of ether oxygens (including phenoxy) is 1. The molecule has 2 atom stereocenters. The average Bonchev–Trinajstić information content (AvgIpc) is 2.16. The number of hydrogen-bond donors (Lipinski definition) is 2. The zero-order valence-electron chi connectivity index (χ0n) is 10.6. The number of carbonyl (C=O) groups excluding carboxylic acids is 2. The highest BCUT2D eigenvalue weighted by atomic mass is 32.1. The molecule has 0 heterocycles. The number of thiocarbonyl (C=S) groups is 1. The van der Waals surface area contributed by atoms with Crippen molar-refractivity contribution in [3.8, 4) is 0 Å². The van der Waals surface area contributed by atoms with Crippen LogP contribution < -0.4 is 11.1 Å². The molecule has 5 nitrogen and oxygen atoms in total. The quantitative estimate of drug-likeness (QED) is 0.540. The lowest BCUT2D eigenvalue weighted by Crippen LogP contribution is -2.47. The summed E-state index contributed by atoms with van der Waals surface area (Å²) in [6, 6.07) is -0.696. The molecule has 2 unspecified atom stereocenters. The topological polar surface area (TPSA) is 81.4 Å². The maximum atomic E-state index is 11.9. The van der Waals surface area contributed by atoms with Crippen LogP contribution in [0.2, 0.25) is 0 Å². The fraction of sp³-hybridized carbons (Fsp3) is 0.727. The molecule has 0 aliphatic carbocycles. The Labute approximate surface area is 107 Å². The normalized spacial score (nSPS) is 13.9. The summed E-state index contributed by atoms with van der Waals surface area (Å²) in [5, 5.41) is 2.55. The molecule has 0 rings (SSSR count). The number of carbonyl (C=O) groups is 2. The van der Waals surface area contributed by atoms with Crippen molar-refractivity contribution in [1.29, 1.82) is 0 Å². The lowest BCUT2D eigenvalue weighted by molar-refractivity contribution is -0.147. The molecule has 6 heteroatoms. The monoisotopic (exact) mass is 260 g/mol. The third kappa shape index (κ3) is 5.12. The standard InChI is InChI=1S/C11H20N2O3S/c1-5-16-11(15)7(4)13-10(14)8(6(2)3)9(12)17/h6-8H,5H2,1-4H3,(H2,12,17)(H,13,14). The van der Waals surface area contributed by atoms with E-state index in [9.17, 15) is 9.59 Å². The van der Waals surface area contributed by atoms with Crippen LogP contribution in [0.15, 0.2) is 0 Å². The lowest BCUT2D eigenvalue weighted by Gasteiger charge is -2.21. The Morgan fingerprint density at radius 1 is 1.35 bits per heavy atom. The summed E-state index contributed by atoms with van der Waals surface area (Å²) >= 11 is 4.84. The van der Waals surface area contributed by atoms with Crippen molar-refractivity contribution in [3.05, 3.63) is 0 Å². The van der Waals surface area contributed by atoms with Gasteiger partial charge in [-0.3, -0.25) is 4.79 Å². The Kier molecular flexibility index (Phi) is 6.72. The van der Waals surface area contributed by atoms with Crippen molar-refractivity contribution in [2.45, 2.75) is 33.7 Å². The number of nitrogens with two attached hydrogens (primary N) is 1. The zero-order chi connectivity index (χ0) is 13.6. The molecule has 0 fully saturated rings. The highest BCUT2D eigenvalue weighted by molar-refractivity contribution is 7.80. The van der Waals surface area contributed by atoms with Crippen LogP contribution in [0.4, 0.5) is 0 Å². The minimum Gasteiger partial charge on any atom is -0.464 e. The van der Waals surface area contributed by atoms with Crippen molar-refractivity contribution >= 4 is 29.1 Å². The van der Waals surface area contributed by atoms with Crippen LogP contribution in [0.5, 0.6) is 0 Å². The van der Waals surface area contributed by atoms with E-state index in [0.29, 0.717) is 0 Å². The molecule has 0 bridgehead atoms. The first-order chi connectivity index (χ1) is 7.81. The van der Waals surface area contributed by atoms with Gasteiger partial charge < -0.3 is 15.8 Å². The van der Waals surface area contributed by atoms with Gasteiger partial charge in [-0.05, 0) is 19.8 Å². The number of amides is 1. The first kappa shape index (κ1) is 15.8. The van der Waals surface area contributed by atoms with E-state index in [4.69, 9.17) is 22.7 Å². The predicted octanol–water partition coefficient (Wildman–Crippen LogP) is 0.612. The molecule has 0 aromatic carbocycles. The van der Waals surface area contributed by atoms with Crippen LogP contribution in [-0.2, 0) is 14.3 Å². The molecule has 3 N–H and O–H groups in total. The van der Waals surface area contributed by atoms with Crippen molar-refractivity contribution in [1.82, 2.24) is 5.32 Å². The molecule has 98 valence electrons. The summed E-state index contributed by atoms with van der Waals surface area (Å²) in [4.78, 5) is 23.3. The largest absolute Gasteiger partial charge is 0.464 e. The summed E-state index contributed by atoms with van der Waals surface area (Å²) < 4.78 is 4.79. The highest BCUT2D eigenvalue weighted by Crippen LogP contribution is 2.11. The minimum absolute atomic E-state index is 0.0121. The van der Waals surface area contributed by atoms with E-state index in [0.717, 1.165) is 0 Å². The summed E-state index contributed by atoms with van der Waals surface area (Å²) in [7, 11) is 0. The fourth-order valence-electron chi connectivity index (χ4n) is 1.39. The Balaban J connectivity index is 4.51. The minimum atomic E-state index is -0.696. The van der Waals surface area contributed by atoms with E-state index in [-0.39, 0.29) is 23.4 Å². The molecule has 0 radical (unpaired) electrons. The number of rotatable bonds is 6. The van der Waals surface area contributed by atoms with E-state index in [1.165, 1.54) is 0 Å². The van der Waals surface area contributed by atoms with E-state index in [2.05, 4.69) is 5.32 Å². The summed E-state index contributed by atoms with van der Waals surface area (Å²) in [5.41, 5.74) is 5.50. The molecule has 0 aromatic rings. The maximum absolute atomic E-state index is 11.9. The molecule has 0 spiro atoms. The smallest absolute Gasteiger partial charge is 0.328 e. The van der Waals surface area contributed by atoms with Crippen molar-refractivity contribution in [2.75, 3.05) is 6.61 Å². The van der Waals surface area contributed by atoms with Crippen molar-refractivity contribution in [3.63, 3.8) is 0 Å². The number of esters is 1. The lowest BCUT2D eigenvalue weighted by atomic mass is 9.94. The van der Waals surface area contributed by atoms with Gasteiger partial charge in [0, 0.05) is 0 Å². The van der Waals surface area contributed by atoms with E-state index in [1.54, 1.807) is 13.8 Å². The van der Waals surface area contributed by atoms with Gasteiger partial charge in [0.25, 0.3) is 0 Å². The Morgan fingerprint density at radius 2 is 1.88 bits per heavy atom. The van der Waals surface area contributed by atoms with Crippen LogP contribution in [0, 0.1) is 11.8 Å². The number of hydrogen-bond acceptors (Lipinski definition) is 4. The van der Waals surface area contributed by atoms with E-state index >= 15 is 0 Å². The third-order valence-electron chi connectivity index (χ3n) is 2.25.